The minimum absolute atomic E-state index is 0.415. The molecular weight excluding hydrogens is 312 g/mol. The van der Waals surface area contributed by atoms with E-state index in [2.05, 4.69) is 15.3 Å². The molecule has 0 aliphatic rings. The van der Waals surface area contributed by atoms with Crippen LogP contribution in [0.5, 0.6) is 5.75 Å². The minimum Gasteiger partial charge on any atom is -0.497 e. The molecule has 7 heteroatoms. The summed E-state index contributed by atoms with van der Waals surface area (Å²) in [6.07, 6.45) is 6.82. The Hall–Kier alpha value is -2.93. The second-order valence-electron chi connectivity index (χ2n) is 4.53. The zero-order valence-corrected chi connectivity index (χ0v) is 13.2. The van der Waals surface area contributed by atoms with E-state index >= 15 is 0 Å². The first-order valence-electron chi connectivity index (χ1n) is 6.84. The van der Waals surface area contributed by atoms with Crippen LogP contribution in [-0.4, -0.2) is 28.2 Å². The van der Waals surface area contributed by atoms with Crippen molar-refractivity contribution < 1.29 is 9.15 Å². The Bertz CT molecular complexity index is 874. The van der Waals surface area contributed by atoms with E-state index in [1.54, 1.807) is 36.4 Å². The standard InChI is InChI=1S/C16H14N4O2S/c1-21-13-8-6-12(7-9-13)15-18-19-16(23)20(15)17-10-2-4-14-5-3-11-22-14/h2-11H,1H3,(H,19,23)/b4-2+,17-10?. The van der Waals surface area contributed by atoms with E-state index in [0.29, 0.717) is 10.6 Å². The molecule has 2 aromatic heterocycles. The fourth-order valence-corrected chi connectivity index (χ4v) is 2.13. The van der Waals surface area contributed by atoms with Gasteiger partial charge >= 0.3 is 0 Å². The summed E-state index contributed by atoms with van der Waals surface area (Å²) >= 11 is 5.21. The summed E-state index contributed by atoms with van der Waals surface area (Å²) in [5.41, 5.74) is 0.880. The highest BCUT2D eigenvalue weighted by Crippen LogP contribution is 2.20. The number of methoxy groups -OCH3 is 1. The fourth-order valence-electron chi connectivity index (χ4n) is 1.95. The van der Waals surface area contributed by atoms with Crippen LogP contribution in [0.2, 0.25) is 0 Å². The molecule has 0 saturated heterocycles. The average Bonchev–Trinajstić information content (AvgIpc) is 3.22. The van der Waals surface area contributed by atoms with Gasteiger partial charge < -0.3 is 9.15 Å². The number of benzene rings is 1. The Labute approximate surface area is 137 Å². The van der Waals surface area contributed by atoms with Crippen LogP contribution in [0.3, 0.4) is 0 Å². The molecule has 2 heterocycles. The quantitative estimate of drug-likeness (QED) is 0.572. The maximum Gasteiger partial charge on any atom is 0.216 e. The predicted octanol–water partition coefficient (Wildman–Crippen LogP) is 3.76. The van der Waals surface area contributed by atoms with Crippen LogP contribution in [0.25, 0.3) is 17.5 Å². The number of aromatic nitrogens is 3. The van der Waals surface area contributed by atoms with Crippen molar-refractivity contribution in [1.82, 2.24) is 14.9 Å². The highest BCUT2D eigenvalue weighted by Gasteiger charge is 2.07. The highest BCUT2D eigenvalue weighted by molar-refractivity contribution is 7.71. The summed E-state index contributed by atoms with van der Waals surface area (Å²) in [4.78, 5) is 0. The smallest absolute Gasteiger partial charge is 0.216 e. The molecule has 0 unspecified atom stereocenters. The van der Waals surface area contributed by atoms with E-state index in [4.69, 9.17) is 21.4 Å². The van der Waals surface area contributed by atoms with E-state index in [-0.39, 0.29) is 0 Å². The summed E-state index contributed by atoms with van der Waals surface area (Å²) in [6, 6.07) is 11.2. The monoisotopic (exact) mass is 326 g/mol. The Morgan fingerprint density at radius 2 is 2.13 bits per heavy atom. The van der Waals surface area contributed by atoms with Gasteiger partial charge in [-0.15, -0.1) is 0 Å². The lowest BCUT2D eigenvalue weighted by molar-refractivity contribution is 0.415. The van der Waals surface area contributed by atoms with Crippen molar-refractivity contribution in [3.8, 4) is 17.1 Å². The summed E-state index contributed by atoms with van der Waals surface area (Å²) in [7, 11) is 1.63. The molecule has 0 aliphatic heterocycles. The predicted molar refractivity (Wildman–Crippen MR) is 91.0 cm³/mol. The van der Waals surface area contributed by atoms with Crippen LogP contribution in [0, 0.1) is 4.77 Å². The molecule has 1 aromatic carbocycles. The van der Waals surface area contributed by atoms with Gasteiger partial charge in [-0.1, -0.05) is 0 Å². The number of H-pyrrole nitrogens is 1. The molecule has 3 rings (SSSR count). The van der Waals surface area contributed by atoms with Crippen LogP contribution < -0.4 is 4.74 Å². The van der Waals surface area contributed by atoms with Gasteiger partial charge in [-0.25, -0.2) is 5.10 Å². The van der Waals surface area contributed by atoms with Crippen molar-refractivity contribution in [3.05, 3.63) is 59.3 Å². The van der Waals surface area contributed by atoms with Crippen molar-refractivity contribution >= 4 is 24.5 Å². The molecule has 0 radical (unpaired) electrons. The van der Waals surface area contributed by atoms with Gasteiger partial charge in [0.25, 0.3) is 0 Å². The lowest BCUT2D eigenvalue weighted by Gasteiger charge is -2.02. The van der Waals surface area contributed by atoms with E-state index in [1.807, 2.05) is 36.4 Å². The van der Waals surface area contributed by atoms with Gasteiger partial charge in [0.2, 0.25) is 4.77 Å². The Morgan fingerprint density at radius 3 is 2.83 bits per heavy atom. The number of allylic oxidation sites excluding steroid dienone is 1. The zero-order chi connectivity index (χ0) is 16.1. The van der Waals surface area contributed by atoms with Crippen LogP contribution >= 0.6 is 12.2 Å². The van der Waals surface area contributed by atoms with Crippen molar-refractivity contribution in [2.24, 2.45) is 5.10 Å². The van der Waals surface area contributed by atoms with Crippen molar-refractivity contribution in [1.29, 1.82) is 0 Å². The van der Waals surface area contributed by atoms with Gasteiger partial charge in [-0.2, -0.15) is 14.9 Å². The summed E-state index contributed by atoms with van der Waals surface area (Å²) < 4.78 is 12.3. The number of hydrogen-bond donors (Lipinski definition) is 1. The second kappa shape index (κ2) is 6.89. The largest absolute Gasteiger partial charge is 0.497 e. The molecule has 0 saturated carbocycles. The molecular formula is C16H14N4O2S. The molecule has 0 spiro atoms. The molecule has 3 aromatic rings. The van der Waals surface area contributed by atoms with Crippen LogP contribution in [0.15, 0.2) is 58.3 Å². The van der Waals surface area contributed by atoms with Gasteiger partial charge in [-0.05, 0) is 60.8 Å². The van der Waals surface area contributed by atoms with E-state index in [9.17, 15) is 0 Å². The van der Waals surface area contributed by atoms with Crippen LogP contribution in [0.4, 0.5) is 0 Å². The molecule has 116 valence electrons. The summed E-state index contributed by atoms with van der Waals surface area (Å²) in [5, 5.41) is 11.3. The summed E-state index contributed by atoms with van der Waals surface area (Å²) in [6.45, 7) is 0. The average molecular weight is 326 g/mol. The van der Waals surface area contributed by atoms with E-state index in [0.717, 1.165) is 17.1 Å². The fraction of sp³-hybridized carbons (Fsp3) is 0.0625. The first-order chi connectivity index (χ1) is 11.3. The van der Waals surface area contributed by atoms with Gasteiger partial charge in [0.1, 0.15) is 11.5 Å². The second-order valence-corrected chi connectivity index (χ2v) is 4.92. The molecule has 0 aliphatic carbocycles. The minimum atomic E-state index is 0.415. The summed E-state index contributed by atoms with van der Waals surface area (Å²) in [5.74, 6) is 2.15. The third-order valence-electron chi connectivity index (χ3n) is 3.07. The third-order valence-corrected chi connectivity index (χ3v) is 3.33. The number of nitrogens with zero attached hydrogens (tertiary/aromatic N) is 3. The third kappa shape index (κ3) is 3.46. The van der Waals surface area contributed by atoms with E-state index in [1.165, 1.54) is 0 Å². The van der Waals surface area contributed by atoms with Crippen molar-refractivity contribution in [3.63, 3.8) is 0 Å². The maximum atomic E-state index is 5.21. The van der Waals surface area contributed by atoms with Gasteiger partial charge in [0.05, 0.1) is 13.4 Å². The zero-order valence-electron chi connectivity index (χ0n) is 12.3. The normalized spacial score (nSPS) is 11.5. The van der Waals surface area contributed by atoms with Crippen LogP contribution in [0.1, 0.15) is 5.76 Å². The molecule has 0 atom stereocenters. The lowest BCUT2D eigenvalue weighted by Crippen LogP contribution is -1.93. The Morgan fingerprint density at radius 1 is 1.30 bits per heavy atom. The number of aromatic amines is 1. The number of hydrogen-bond acceptors (Lipinski definition) is 5. The SMILES string of the molecule is COc1ccc(-c2n[nH]c(=S)n2N=C/C=C/c2ccco2)cc1. The Balaban J connectivity index is 1.85. The van der Waals surface area contributed by atoms with Gasteiger partial charge in [0.15, 0.2) is 5.82 Å². The molecule has 0 amide bonds. The van der Waals surface area contributed by atoms with Crippen molar-refractivity contribution in [2.75, 3.05) is 7.11 Å². The number of nitrogens with one attached hydrogen (secondary N) is 1. The lowest BCUT2D eigenvalue weighted by atomic mass is 10.2. The van der Waals surface area contributed by atoms with Crippen LogP contribution in [-0.2, 0) is 0 Å². The number of ether oxygens (including phenoxy) is 1. The maximum absolute atomic E-state index is 5.21. The van der Waals surface area contributed by atoms with Gasteiger partial charge in [-0.3, -0.25) is 0 Å². The highest BCUT2D eigenvalue weighted by atomic mass is 32.1. The first-order valence-corrected chi connectivity index (χ1v) is 7.25. The van der Waals surface area contributed by atoms with Crippen molar-refractivity contribution in [2.45, 2.75) is 0 Å². The molecule has 1 N–H and O–H groups in total. The Kier molecular flexibility index (Phi) is 4.49. The molecule has 0 fully saturated rings. The van der Waals surface area contributed by atoms with Gasteiger partial charge in [0, 0.05) is 11.8 Å². The molecule has 0 bridgehead atoms. The molecule has 6 nitrogen and oxygen atoms in total. The number of rotatable bonds is 5. The van der Waals surface area contributed by atoms with E-state index < -0.39 is 0 Å². The first kappa shape index (κ1) is 15.0. The number of furan rings is 1. The topological polar surface area (TPSA) is 68.3 Å². The molecule has 23 heavy (non-hydrogen) atoms.